The van der Waals surface area contributed by atoms with Gasteiger partial charge in [0, 0.05) is 12.0 Å². The second-order valence-electron chi connectivity index (χ2n) is 5.99. The molecule has 1 aliphatic heterocycles. The molecule has 1 fully saturated rings. The van der Waals surface area contributed by atoms with E-state index in [-0.39, 0.29) is 35.2 Å². The zero-order valence-electron chi connectivity index (χ0n) is 12.7. The normalized spacial score (nSPS) is 22.0. The van der Waals surface area contributed by atoms with Gasteiger partial charge < -0.3 is 5.32 Å². The summed E-state index contributed by atoms with van der Waals surface area (Å²) in [4.78, 5) is 12.1. The van der Waals surface area contributed by atoms with Gasteiger partial charge in [0.15, 0.2) is 9.84 Å². The van der Waals surface area contributed by atoms with E-state index in [9.17, 15) is 17.6 Å². The molecule has 0 bridgehead atoms. The number of hydrogen-bond donors (Lipinski definition) is 1. The Morgan fingerprint density at radius 2 is 2.14 bits per heavy atom. The van der Waals surface area contributed by atoms with Gasteiger partial charge in [-0.1, -0.05) is 25.1 Å². The van der Waals surface area contributed by atoms with Crippen LogP contribution < -0.4 is 5.32 Å². The van der Waals surface area contributed by atoms with Gasteiger partial charge in [0.25, 0.3) is 0 Å². The molecule has 1 aliphatic rings. The van der Waals surface area contributed by atoms with E-state index >= 15 is 0 Å². The van der Waals surface area contributed by atoms with Crippen molar-refractivity contribution < 1.29 is 17.6 Å². The first kappa shape index (κ1) is 16.9. The van der Waals surface area contributed by atoms with Crippen LogP contribution in [0.1, 0.15) is 31.7 Å². The van der Waals surface area contributed by atoms with Gasteiger partial charge in [-0.15, -0.1) is 0 Å². The molecule has 0 unspecified atom stereocenters. The lowest BCUT2D eigenvalue weighted by molar-refractivity contribution is -0.125. The van der Waals surface area contributed by atoms with Gasteiger partial charge in [-0.2, -0.15) is 0 Å². The molecule has 0 aliphatic carbocycles. The third-order valence-corrected chi connectivity index (χ3v) is 5.88. The fourth-order valence-corrected chi connectivity index (χ4v) is 4.32. The van der Waals surface area contributed by atoms with E-state index in [1.165, 1.54) is 6.07 Å². The maximum Gasteiger partial charge on any atom is 0.223 e. The van der Waals surface area contributed by atoms with Crippen molar-refractivity contribution in [1.82, 2.24) is 5.32 Å². The van der Waals surface area contributed by atoms with Crippen LogP contribution in [0, 0.1) is 11.7 Å². The van der Waals surface area contributed by atoms with Gasteiger partial charge in [-0.3, -0.25) is 4.79 Å². The number of amides is 1. The number of carbonyl (C=O) groups is 1. The Bertz CT molecular complexity index is 630. The Balaban J connectivity index is 1.83. The molecule has 2 rings (SSSR count). The summed E-state index contributed by atoms with van der Waals surface area (Å²) in [6.07, 6.45) is 2.32. The average molecular weight is 327 g/mol. The van der Waals surface area contributed by atoms with E-state index < -0.39 is 9.84 Å². The van der Waals surface area contributed by atoms with Crippen molar-refractivity contribution in [3.8, 4) is 0 Å². The first-order valence-electron chi connectivity index (χ1n) is 7.61. The molecule has 4 nitrogen and oxygen atoms in total. The van der Waals surface area contributed by atoms with Crippen molar-refractivity contribution in [3.05, 3.63) is 35.6 Å². The van der Waals surface area contributed by atoms with E-state index in [1.807, 2.05) is 0 Å². The number of sulfone groups is 1. The van der Waals surface area contributed by atoms with Gasteiger partial charge in [-0.25, -0.2) is 12.8 Å². The topological polar surface area (TPSA) is 63.2 Å². The number of aryl methyl sites for hydroxylation is 1. The maximum absolute atomic E-state index is 13.5. The number of benzene rings is 1. The van der Waals surface area contributed by atoms with Gasteiger partial charge in [0.1, 0.15) is 5.82 Å². The lowest BCUT2D eigenvalue weighted by Crippen LogP contribution is -2.45. The van der Waals surface area contributed by atoms with E-state index in [1.54, 1.807) is 25.1 Å². The zero-order valence-corrected chi connectivity index (χ0v) is 13.5. The molecule has 1 heterocycles. The molecule has 1 amide bonds. The van der Waals surface area contributed by atoms with Crippen molar-refractivity contribution in [2.75, 3.05) is 11.5 Å². The molecule has 122 valence electrons. The molecule has 6 heteroatoms. The summed E-state index contributed by atoms with van der Waals surface area (Å²) in [7, 11) is -3.03. The molecular formula is C16H22FNO3S. The monoisotopic (exact) mass is 327 g/mol. The Hall–Kier alpha value is -1.43. The van der Waals surface area contributed by atoms with Gasteiger partial charge in [0.2, 0.25) is 5.91 Å². The summed E-state index contributed by atoms with van der Waals surface area (Å²) >= 11 is 0. The summed E-state index contributed by atoms with van der Waals surface area (Å²) in [6.45, 7) is 1.79. The highest BCUT2D eigenvalue weighted by Crippen LogP contribution is 2.15. The lowest BCUT2D eigenvalue weighted by Gasteiger charge is -2.24. The van der Waals surface area contributed by atoms with Crippen LogP contribution >= 0.6 is 0 Å². The van der Waals surface area contributed by atoms with Gasteiger partial charge in [0.05, 0.1) is 11.5 Å². The molecule has 1 aromatic rings. The molecule has 0 radical (unpaired) electrons. The minimum absolute atomic E-state index is 0.0266. The van der Waals surface area contributed by atoms with Crippen molar-refractivity contribution in [2.24, 2.45) is 5.92 Å². The molecule has 0 aromatic heterocycles. The van der Waals surface area contributed by atoms with Crippen LogP contribution in [0.3, 0.4) is 0 Å². The molecular weight excluding hydrogens is 305 g/mol. The largest absolute Gasteiger partial charge is 0.352 e. The molecule has 0 spiro atoms. The molecule has 1 saturated heterocycles. The fourth-order valence-electron chi connectivity index (χ4n) is 2.68. The summed E-state index contributed by atoms with van der Waals surface area (Å²) in [6, 6.07) is 6.25. The average Bonchev–Trinajstić information content (AvgIpc) is 2.45. The minimum atomic E-state index is -3.03. The third kappa shape index (κ3) is 4.80. The predicted octanol–water partition coefficient (Wildman–Crippen LogP) is 2.09. The van der Waals surface area contributed by atoms with Crippen LogP contribution in [0.4, 0.5) is 4.39 Å². The Morgan fingerprint density at radius 1 is 1.41 bits per heavy atom. The highest BCUT2D eigenvalue weighted by Gasteiger charge is 2.27. The highest BCUT2D eigenvalue weighted by atomic mass is 32.2. The highest BCUT2D eigenvalue weighted by molar-refractivity contribution is 7.91. The van der Waals surface area contributed by atoms with E-state index in [0.29, 0.717) is 31.2 Å². The fraction of sp³-hybridized carbons (Fsp3) is 0.562. The molecule has 2 atom stereocenters. The number of halogens is 1. The van der Waals surface area contributed by atoms with Gasteiger partial charge >= 0.3 is 0 Å². The predicted molar refractivity (Wildman–Crippen MR) is 83.7 cm³/mol. The van der Waals surface area contributed by atoms with Crippen LogP contribution in [-0.4, -0.2) is 31.9 Å². The van der Waals surface area contributed by atoms with Crippen LogP contribution in [0.5, 0.6) is 0 Å². The Labute approximate surface area is 131 Å². The summed E-state index contributed by atoms with van der Waals surface area (Å²) < 4.78 is 36.7. The Kier molecular flexibility index (Phi) is 5.56. The number of carbonyl (C=O) groups excluding carboxylic acids is 1. The maximum atomic E-state index is 13.5. The first-order chi connectivity index (χ1) is 10.4. The van der Waals surface area contributed by atoms with Crippen molar-refractivity contribution in [1.29, 1.82) is 0 Å². The van der Waals surface area contributed by atoms with Crippen molar-refractivity contribution in [3.63, 3.8) is 0 Å². The standard InChI is InChI=1S/C16H22FNO3S/c1-12(8-9-13-5-2-3-7-15(13)17)16(19)18-14-6-4-10-22(20,21)11-14/h2-3,5,7,12,14H,4,6,8-11H2,1H3,(H,18,19)/t12-,14+/m1/s1. The SMILES string of the molecule is C[C@H](CCc1ccccc1F)C(=O)N[C@H]1CCCS(=O)(=O)C1. The summed E-state index contributed by atoms with van der Waals surface area (Å²) in [5.41, 5.74) is 0.599. The van der Waals surface area contributed by atoms with Crippen LogP contribution in [0.25, 0.3) is 0 Å². The van der Waals surface area contributed by atoms with Crippen LogP contribution in [0.15, 0.2) is 24.3 Å². The third-order valence-electron chi connectivity index (χ3n) is 4.06. The smallest absolute Gasteiger partial charge is 0.223 e. The van der Waals surface area contributed by atoms with Crippen molar-refractivity contribution >= 4 is 15.7 Å². The summed E-state index contributed by atoms with van der Waals surface area (Å²) in [5.74, 6) is -0.447. The van der Waals surface area contributed by atoms with Gasteiger partial charge in [-0.05, 0) is 37.3 Å². The Morgan fingerprint density at radius 3 is 2.82 bits per heavy atom. The van der Waals surface area contributed by atoms with Crippen LogP contribution in [-0.2, 0) is 21.1 Å². The van der Waals surface area contributed by atoms with Crippen molar-refractivity contribution in [2.45, 2.75) is 38.6 Å². The second-order valence-corrected chi connectivity index (χ2v) is 8.22. The second kappa shape index (κ2) is 7.22. The lowest BCUT2D eigenvalue weighted by atomic mass is 9.99. The zero-order chi connectivity index (χ0) is 16.2. The molecule has 22 heavy (non-hydrogen) atoms. The minimum Gasteiger partial charge on any atom is -0.352 e. The molecule has 0 saturated carbocycles. The molecule has 1 N–H and O–H groups in total. The molecule has 1 aromatic carbocycles. The number of hydrogen-bond acceptors (Lipinski definition) is 3. The number of nitrogens with one attached hydrogen (secondary N) is 1. The van der Waals surface area contributed by atoms with Crippen LogP contribution in [0.2, 0.25) is 0 Å². The summed E-state index contributed by atoms with van der Waals surface area (Å²) in [5, 5.41) is 2.81. The first-order valence-corrected chi connectivity index (χ1v) is 9.44. The van der Waals surface area contributed by atoms with E-state index in [4.69, 9.17) is 0 Å². The number of rotatable bonds is 5. The van der Waals surface area contributed by atoms with E-state index in [2.05, 4.69) is 5.32 Å². The van der Waals surface area contributed by atoms with E-state index in [0.717, 1.165) is 0 Å². The quantitative estimate of drug-likeness (QED) is 0.901.